The molecule has 1 aromatic rings. The molecule has 1 heterocycles. The van der Waals surface area contributed by atoms with E-state index in [0.717, 1.165) is 38.2 Å². The molecule has 1 aliphatic heterocycles. The Hall–Kier alpha value is -1.39. The van der Waals surface area contributed by atoms with Crippen molar-refractivity contribution in [1.82, 2.24) is 4.90 Å². The van der Waals surface area contributed by atoms with Crippen LogP contribution in [-0.4, -0.2) is 36.6 Å². The van der Waals surface area contributed by atoms with Gasteiger partial charge in [-0.3, -0.25) is 9.69 Å². The molecule has 1 amide bonds. The zero-order valence-corrected chi connectivity index (χ0v) is 12.4. The molecular formula is C16H24N2O2. The van der Waals surface area contributed by atoms with Crippen molar-refractivity contribution in [2.24, 2.45) is 0 Å². The van der Waals surface area contributed by atoms with Gasteiger partial charge in [-0.25, -0.2) is 0 Å². The molecule has 1 N–H and O–H groups in total. The summed E-state index contributed by atoms with van der Waals surface area (Å²) in [6, 6.07) is 8.07. The van der Waals surface area contributed by atoms with Crippen molar-refractivity contribution in [3.63, 3.8) is 0 Å². The lowest BCUT2D eigenvalue weighted by Gasteiger charge is -2.18. The van der Waals surface area contributed by atoms with E-state index < -0.39 is 0 Å². The molecule has 110 valence electrons. The molecule has 0 radical (unpaired) electrons. The van der Waals surface area contributed by atoms with Crippen molar-refractivity contribution in [2.45, 2.75) is 39.3 Å². The molecule has 1 aromatic carbocycles. The van der Waals surface area contributed by atoms with E-state index in [4.69, 9.17) is 4.74 Å². The smallest absolute Gasteiger partial charge is 0.253 e. The number of hydrogen-bond acceptors (Lipinski definition) is 3. The quantitative estimate of drug-likeness (QED) is 0.868. The summed E-state index contributed by atoms with van der Waals surface area (Å²) in [7, 11) is 0. The molecule has 1 fully saturated rings. The molecule has 0 aliphatic carbocycles. The summed E-state index contributed by atoms with van der Waals surface area (Å²) in [6.45, 7) is 8.08. The van der Waals surface area contributed by atoms with Gasteiger partial charge in [-0.15, -0.1) is 0 Å². The Labute approximate surface area is 121 Å². The van der Waals surface area contributed by atoms with Crippen LogP contribution >= 0.6 is 0 Å². The zero-order chi connectivity index (χ0) is 14.4. The molecule has 0 spiro atoms. The molecule has 0 bridgehead atoms. The molecule has 0 saturated carbocycles. The van der Waals surface area contributed by atoms with Gasteiger partial charge < -0.3 is 10.1 Å². The minimum absolute atomic E-state index is 0.0287. The summed E-state index contributed by atoms with van der Waals surface area (Å²) in [5.74, 6) is -0.0287. The van der Waals surface area contributed by atoms with Crippen LogP contribution in [0.15, 0.2) is 24.3 Å². The average molecular weight is 276 g/mol. The predicted octanol–water partition coefficient (Wildman–Crippen LogP) is 2.65. The molecule has 0 aromatic heterocycles. The Morgan fingerprint density at radius 1 is 1.30 bits per heavy atom. The van der Waals surface area contributed by atoms with Gasteiger partial charge in [0.05, 0.1) is 0 Å². The maximum atomic E-state index is 11.9. The Kier molecular flexibility index (Phi) is 5.56. The standard InChI is InChI=1S/C16H24N2O2/c1-3-18(4-2)12-13-7-9-14(10-8-13)17-16(19)15-6-5-11-20-15/h7-10,15H,3-6,11-12H2,1-2H3,(H,17,19)/t15-/m1/s1. The fraction of sp³-hybridized carbons (Fsp3) is 0.562. The van der Waals surface area contributed by atoms with E-state index in [2.05, 4.69) is 36.2 Å². The Balaban J connectivity index is 1.89. The van der Waals surface area contributed by atoms with Crippen LogP contribution in [0.4, 0.5) is 5.69 Å². The van der Waals surface area contributed by atoms with Crippen molar-refractivity contribution in [3.05, 3.63) is 29.8 Å². The van der Waals surface area contributed by atoms with Gasteiger partial charge >= 0.3 is 0 Å². The van der Waals surface area contributed by atoms with Crippen LogP contribution < -0.4 is 5.32 Å². The van der Waals surface area contributed by atoms with Crippen molar-refractivity contribution >= 4 is 11.6 Å². The lowest BCUT2D eigenvalue weighted by atomic mass is 10.1. The van der Waals surface area contributed by atoms with Gasteiger partial charge in [-0.1, -0.05) is 26.0 Å². The average Bonchev–Trinajstić information content (AvgIpc) is 3.01. The number of hydrogen-bond donors (Lipinski definition) is 1. The van der Waals surface area contributed by atoms with E-state index in [1.807, 2.05) is 12.1 Å². The highest BCUT2D eigenvalue weighted by atomic mass is 16.5. The van der Waals surface area contributed by atoms with E-state index in [9.17, 15) is 4.79 Å². The molecular weight excluding hydrogens is 252 g/mol. The molecule has 4 nitrogen and oxygen atoms in total. The van der Waals surface area contributed by atoms with Crippen molar-refractivity contribution in [2.75, 3.05) is 25.0 Å². The second-order valence-corrected chi connectivity index (χ2v) is 5.15. The van der Waals surface area contributed by atoms with Gasteiger partial charge in [0.15, 0.2) is 0 Å². The topological polar surface area (TPSA) is 41.6 Å². The van der Waals surface area contributed by atoms with Crippen LogP contribution in [0.5, 0.6) is 0 Å². The molecule has 2 rings (SSSR count). The fourth-order valence-electron chi connectivity index (χ4n) is 2.41. The highest BCUT2D eigenvalue weighted by molar-refractivity contribution is 5.94. The van der Waals surface area contributed by atoms with Crippen LogP contribution in [0.1, 0.15) is 32.3 Å². The van der Waals surface area contributed by atoms with Crippen LogP contribution in [0, 0.1) is 0 Å². The SMILES string of the molecule is CCN(CC)Cc1ccc(NC(=O)[C@H]2CCCO2)cc1. The number of rotatable bonds is 6. The summed E-state index contributed by atoms with van der Waals surface area (Å²) < 4.78 is 5.37. The monoisotopic (exact) mass is 276 g/mol. The van der Waals surface area contributed by atoms with Gasteiger partial charge in [-0.05, 0) is 43.6 Å². The highest BCUT2D eigenvalue weighted by Gasteiger charge is 2.23. The van der Waals surface area contributed by atoms with E-state index >= 15 is 0 Å². The number of amides is 1. The highest BCUT2D eigenvalue weighted by Crippen LogP contribution is 2.16. The van der Waals surface area contributed by atoms with Crippen LogP contribution in [0.2, 0.25) is 0 Å². The van der Waals surface area contributed by atoms with E-state index in [1.165, 1.54) is 5.56 Å². The summed E-state index contributed by atoms with van der Waals surface area (Å²) in [5, 5.41) is 2.91. The molecule has 4 heteroatoms. The van der Waals surface area contributed by atoms with Crippen molar-refractivity contribution in [1.29, 1.82) is 0 Å². The molecule has 1 atom stereocenters. The third kappa shape index (κ3) is 4.05. The molecule has 0 unspecified atom stereocenters. The number of carbonyl (C=O) groups excluding carboxylic acids is 1. The maximum absolute atomic E-state index is 11.9. The number of anilines is 1. The third-order valence-electron chi connectivity index (χ3n) is 3.74. The number of nitrogens with zero attached hydrogens (tertiary/aromatic N) is 1. The van der Waals surface area contributed by atoms with E-state index in [0.29, 0.717) is 6.61 Å². The van der Waals surface area contributed by atoms with E-state index in [1.54, 1.807) is 0 Å². The van der Waals surface area contributed by atoms with Gasteiger partial charge in [0.1, 0.15) is 6.10 Å². The minimum Gasteiger partial charge on any atom is -0.368 e. The lowest BCUT2D eigenvalue weighted by molar-refractivity contribution is -0.124. The van der Waals surface area contributed by atoms with E-state index in [-0.39, 0.29) is 12.0 Å². The predicted molar refractivity (Wildman–Crippen MR) is 80.7 cm³/mol. The van der Waals surface area contributed by atoms with Gasteiger partial charge in [0.25, 0.3) is 5.91 Å². The number of ether oxygens (including phenoxy) is 1. The number of benzene rings is 1. The normalized spacial score (nSPS) is 18.4. The first-order valence-electron chi connectivity index (χ1n) is 7.46. The summed E-state index contributed by atoms with van der Waals surface area (Å²) in [6.07, 6.45) is 1.53. The lowest BCUT2D eigenvalue weighted by Crippen LogP contribution is -2.26. The second kappa shape index (κ2) is 7.41. The van der Waals surface area contributed by atoms with Crippen molar-refractivity contribution in [3.8, 4) is 0 Å². The van der Waals surface area contributed by atoms with Crippen LogP contribution in [0.3, 0.4) is 0 Å². The first-order chi connectivity index (χ1) is 9.72. The third-order valence-corrected chi connectivity index (χ3v) is 3.74. The second-order valence-electron chi connectivity index (χ2n) is 5.15. The minimum atomic E-state index is -0.273. The molecule has 1 aliphatic rings. The Morgan fingerprint density at radius 3 is 2.55 bits per heavy atom. The van der Waals surface area contributed by atoms with Crippen LogP contribution in [0.25, 0.3) is 0 Å². The molecule has 20 heavy (non-hydrogen) atoms. The number of carbonyl (C=O) groups is 1. The van der Waals surface area contributed by atoms with Crippen molar-refractivity contribution < 1.29 is 9.53 Å². The summed E-state index contributed by atoms with van der Waals surface area (Å²) in [4.78, 5) is 14.3. The number of nitrogens with one attached hydrogen (secondary N) is 1. The van der Waals surface area contributed by atoms with Gasteiger partial charge in [-0.2, -0.15) is 0 Å². The first-order valence-corrected chi connectivity index (χ1v) is 7.46. The Morgan fingerprint density at radius 2 is 2.00 bits per heavy atom. The molecule has 1 saturated heterocycles. The zero-order valence-electron chi connectivity index (χ0n) is 12.4. The largest absolute Gasteiger partial charge is 0.368 e. The summed E-state index contributed by atoms with van der Waals surface area (Å²) >= 11 is 0. The fourth-order valence-corrected chi connectivity index (χ4v) is 2.41. The first kappa shape index (κ1) is 15.0. The maximum Gasteiger partial charge on any atom is 0.253 e. The van der Waals surface area contributed by atoms with Gasteiger partial charge in [0, 0.05) is 18.8 Å². The van der Waals surface area contributed by atoms with Gasteiger partial charge in [0.2, 0.25) is 0 Å². The summed E-state index contributed by atoms with van der Waals surface area (Å²) in [5.41, 5.74) is 2.11. The van der Waals surface area contributed by atoms with Crippen LogP contribution in [-0.2, 0) is 16.1 Å². The Bertz CT molecular complexity index is 421.